The Balaban J connectivity index is 1.49. The number of ether oxygens (including phenoxy) is 1. The van der Waals surface area contributed by atoms with Crippen LogP contribution in [0.2, 0.25) is 0 Å². The number of carbonyl (C=O) groups excluding carboxylic acids is 1. The van der Waals surface area contributed by atoms with Gasteiger partial charge in [0.1, 0.15) is 11.6 Å². The SMILES string of the molecule is CCn1c(CCCc2ccc(OC)cc2)nnc1SCC(=O)NC(C)c1ccccc1. The van der Waals surface area contributed by atoms with Crippen molar-refractivity contribution >= 4 is 17.7 Å². The van der Waals surface area contributed by atoms with Gasteiger partial charge in [-0.05, 0) is 49.9 Å². The number of methoxy groups -OCH3 is 1. The van der Waals surface area contributed by atoms with Crippen LogP contribution in [0.25, 0.3) is 0 Å². The Kier molecular flexibility index (Phi) is 8.53. The molecule has 2 aromatic carbocycles. The van der Waals surface area contributed by atoms with Gasteiger partial charge in [0.2, 0.25) is 5.91 Å². The topological polar surface area (TPSA) is 69.0 Å². The molecule has 3 rings (SSSR count). The Morgan fingerprint density at radius 3 is 2.52 bits per heavy atom. The first kappa shape index (κ1) is 22.9. The molecule has 31 heavy (non-hydrogen) atoms. The summed E-state index contributed by atoms with van der Waals surface area (Å²) in [5.41, 5.74) is 2.37. The predicted molar refractivity (Wildman–Crippen MR) is 124 cm³/mol. The van der Waals surface area contributed by atoms with Gasteiger partial charge in [0, 0.05) is 13.0 Å². The van der Waals surface area contributed by atoms with Crippen LogP contribution in [-0.4, -0.2) is 33.5 Å². The summed E-state index contributed by atoms with van der Waals surface area (Å²) in [6.45, 7) is 4.86. The summed E-state index contributed by atoms with van der Waals surface area (Å²) in [5.74, 6) is 2.16. The van der Waals surface area contributed by atoms with E-state index in [0.717, 1.165) is 48.1 Å². The normalized spacial score (nSPS) is 11.8. The van der Waals surface area contributed by atoms with E-state index in [1.807, 2.05) is 49.4 Å². The number of nitrogens with zero attached hydrogens (tertiary/aromatic N) is 3. The molecular weight excluding hydrogens is 408 g/mol. The third kappa shape index (κ3) is 6.59. The molecule has 1 heterocycles. The lowest BCUT2D eigenvalue weighted by Gasteiger charge is -2.14. The standard InChI is InChI=1S/C24H30N4O2S/c1-4-28-22(12-8-9-19-13-15-21(30-3)16-14-19)26-27-24(28)31-17-23(29)25-18(2)20-10-6-5-7-11-20/h5-7,10-11,13-16,18H,4,8-9,12,17H2,1-3H3,(H,25,29). The summed E-state index contributed by atoms with van der Waals surface area (Å²) in [4.78, 5) is 12.4. The Labute approximate surface area is 188 Å². The average molecular weight is 439 g/mol. The molecule has 0 aliphatic rings. The monoisotopic (exact) mass is 438 g/mol. The number of aromatic nitrogens is 3. The van der Waals surface area contributed by atoms with E-state index >= 15 is 0 Å². The van der Waals surface area contributed by atoms with Crippen molar-refractivity contribution in [2.45, 2.75) is 50.9 Å². The molecule has 1 N–H and O–H groups in total. The van der Waals surface area contributed by atoms with Crippen LogP contribution in [0, 0.1) is 0 Å². The Morgan fingerprint density at radius 2 is 1.84 bits per heavy atom. The maximum absolute atomic E-state index is 12.4. The summed E-state index contributed by atoms with van der Waals surface area (Å²) >= 11 is 1.44. The molecular formula is C24H30N4O2S. The van der Waals surface area contributed by atoms with Crippen LogP contribution in [-0.2, 0) is 24.2 Å². The zero-order valence-electron chi connectivity index (χ0n) is 18.4. The van der Waals surface area contributed by atoms with Crippen molar-refractivity contribution in [3.05, 3.63) is 71.5 Å². The first-order chi connectivity index (χ1) is 15.1. The fourth-order valence-electron chi connectivity index (χ4n) is 3.41. The van der Waals surface area contributed by atoms with E-state index in [4.69, 9.17) is 4.74 Å². The molecule has 0 saturated carbocycles. The zero-order valence-corrected chi connectivity index (χ0v) is 19.2. The predicted octanol–water partition coefficient (Wildman–Crippen LogP) is 4.45. The van der Waals surface area contributed by atoms with Gasteiger partial charge in [0.25, 0.3) is 0 Å². The molecule has 7 heteroatoms. The molecule has 1 atom stereocenters. The summed E-state index contributed by atoms with van der Waals surface area (Å²) in [7, 11) is 1.68. The van der Waals surface area contributed by atoms with E-state index in [-0.39, 0.29) is 11.9 Å². The van der Waals surface area contributed by atoms with Crippen molar-refractivity contribution in [3.8, 4) is 5.75 Å². The van der Waals surface area contributed by atoms with E-state index in [1.54, 1.807) is 7.11 Å². The second-order valence-corrected chi connectivity index (χ2v) is 8.28. The van der Waals surface area contributed by atoms with Gasteiger partial charge in [0.05, 0.1) is 18.9 Å². The highest BCUT2D eigenvalue weighted by Gasteiger charge is 2.14. The van der Waals surface area contributed by atoms with E-state index in [1.165, 1.54) is 17.3 Å². The maximum Gasteiger partial charge on any atom is 0.230 e. The van der Waals surface area contributed by atoms with Crippen molar-refractivity contribution in [2.75, 3.05) is 12.9 Å². The smallest absolute Gasteiger partial charge is 0.230 e. The third-order valence-electron chi connectivity index (χ3n) is 5.14. The number of benzene rings is 2. The highest BCUT2D eigenvalue weighted by molar-refractivity contribution is 7.99. The average Bonchev–Trinajstić information content (AvgIpc) is 3.20. The highest BCUT2D eigenvalue weighted by atomic mass is 32.2. The number of hydrogen-bond acceptors (Lipinski definition) is 5. The van der Waals surface area contributed by atoms with Gasteiger partial charge in [-0.1, -0.05) is 54.2 Å². The molecule has 0 spiro atoms. The van der Waals surface area contributed by atoms with Crippen LogP contribution in [0.1, 0.15) is 43.3 Å². The first-order valence-corrected chi connectivity index (χ1v) is 11.6. The minimum Gasteiger partial charge on any atom is -0.497 e. The molecule has 0 radical (unpaired) electrons. The van der Waals surface area contributed by atoms with Gasteiger partial charge < -0.3 is 14.6 Å². The Morgan fingerprint density at radius 1 is 1.10 bits per heavy atom. The lowest BCUT2D eigenvalue weighted by molar-refractivity contribution is -0.119. The van der Waals surface area contributed by atoms with E-state index in [2.05, 4.69) is 39.1 Å². The number of rotatable bonds is 11. The molecule has 3 aromatic rings. The summed E-state index contributed by atoms with van der Waals surface area (Å²) in [6.07, 6.45) is 2.82. The van der Waals surface area contributed by atoms with Gasteiger partial charge in [0.15, 0.2) is 5.16 Å². The molecule has 1 amide bonds. The zero-order chi connectivity index (χ0) is 22.1. The summed E-state index contributed by atoms with van der Waals surface area (Å²) < 4.78 is 7.31. The van der Waals surface area contributed by atoms with Crippen LogP contribution >= 0.6 is 11.8 Å². The fourth-order valence-corrected chi connectivity index (χ4v) is 4.24. The summed E-state index contributed by atoms with van der Waals surface area (Å²) in [6, 6.07) is 18.1. The van der Waals surface area contributed by atoms with E-state index in [9.17, 15) is 4.79 Å². The molecule has 1 unspecified atom stereocenters. The Hall–Kier alpha value is -2.80. The molecule has 1 aromatic heterocycles. The summed E-state index contributed by atoms with van der Waals surface area (Å²) in [5, 5.41) is 12.5. The largest absolute Gasteiger partial charge is 0.497 e. The van der Waals surface area contributed by atoms with Gasteiger partial charge in [-0.15, -0.1) is 10.2 Å². The minimum atomic E-state index is -0.0214. The number of nitrogens with one attached hydrogen (secondary N) is 1. The van der Waals surface area contributed by atoms with Crippen molar-refractivity contribution < 1.29 is 9.53 Å². The number of carbonyl (C=O) groups is 1. The first-order valence-electron chi connectivity index (χ1n) is 10.6. The van der Waals surface area contributed by atoms with Crippen molar-refractivity contribution in [1.82, 2.24) is 20.1 Å². The third-order valence-corrected chi connectivity index (χ3v) is 6.11. The van der Waals surface area contributed by atoms with E-state index < -0.39 is 0 Å². The van der Waals surface area contributed by atoms with Crippen LogP contribution in [0.4, 0.5) is 0 Å². The van der Waals surface area contributed by atoms with Crippen molar-refractivity contribution in [3.63, 3.8) is 0 Å². The van der Waals surface area contributed by atoms with Gasteiger partial charge in [-0.25, -0.2) is 0 Å². The van der Waals surface area contributed by atoms with Crippen LogP contribution in [0.3, 0.4) is 0 Å². The lowest BCUT2D eigenvalue weighted by Crippen LogP contribution is -2.28. The fraction of sp³-hybridized carbons (Fsp3) is 0.375. The molecule has 0 aliphatic heterocycles. The minimum absolute atomic E-state index is 0.00642. The maximum atomic E-state index is 12.4. The second kappa shape index (κ2) is 11.6. The number of amides is 1. The Bertz CT molecular complexity index is 957. The van der Waals surface area contributed by atoms with E-state index in [0.29, 0.717) is 5.75 Å². The second-order valence-electron chi connectivity index (χ2n) is 7.33. The van der Waals surface area contributed by atoms with Crippen LogP contribution in [0.15, 0.2) is 59.8 Å². The van der Waals surface area contributed by atoms with Crippen LogP contribution < -0.4 is 10.1 Å². The van der Waals surface area contributed by atoms with Crippen molar-refractivity contribution in [2.24, 2.45) is 0 Å². The highest BCUT2D eigenvalue weighted by Crippen LogP contribution is 2.19. The molecule has 0 aliphatic carbocycles. The number of hydrogen-bond donors (Lipinski definition) is 1. The lowest BCUT2D eigenvalue weighted by atomic mass is 10.1. The quantitative estimate of drug-likeness (QED) is 0.448. The van der Waals surface area contributed by atoms with Gasteiger partial charge in [-0.3, -0.25) is 4.79 Å². The molecule has 0 saturated heterocycles. The van der Waals surface area contributed by atoms with Gasteiger partial charge in [-0.2, -0.15) is 0 Å². The van der Waals surface area contributed by atoms with Crippen molar-refractivity contribution in [1.29, 1.82) is 0 Å². The number of thioether (sulfide) groups is 1. The molecule has 6 nitrogen and oxygen atoms in total. The number of aryl methyl sites for hydroxylation is 2. The van der Waals surface area contributed by atoms with Gasteiger partial charge >= 0.3 is 0 Å². The molecule has 0 fully saturated rings. The van der Waals surface area contributed by atoms with Crippen LogP contribution in [0.5, 0.6) is 5.75 Å². The molecule has 164 valence electrons. The molecule has 0 bridgehead atoms.